The summed E-state index contributed by atoms with van der Waals surface area (Å²) in [5.74, 6) is 0.280. The Balaban J connectivity index is 2.71. The van der Waals surface area contributed by atoms with Gasteiger partial charge >= 0.3 is 5.97 Å². The molecule has 4 atom stereocenters. The molecule has 1 saturated carbocycles. The Kier molecular flexibility index (Phi) is 4.41. The zero-order chi connectivity index (χ0) is 13.6. The molecule has 0 saturated heterocycles. The highest BCUT2D eigenvalue weighted by atomic mass is 79.9. The van der Waals surface area contributed by atoms with Gasteiger partial charge in [-0.1, -0.05) is 52.6 Å². The van der Waals surface area contributed by atoms with E-state index in [1.807, 2.05) is 20.8 Å². The average Bonchev–Trinajstić information content (AvgIpc) is 2.64. The first-order chi connectivity index (χ1) is 7.48. The first kappa shape index (κ1) is 15.5. The van der Waals surface area contributed by atoms with Gasteiger partial charge in [-0.25, -0.2) is 0 Å². The molecule has 0 N–H and O–H groups in total. The molecule has 0 aromatic rings. The topological polar surface area (TPSA) is 26.3 Å². The molecule has 1 fully saturated rings. The van der Waals surface area contributed by atoms with Crippen LogP contribution in [0.1, 0.15) is 41.5 Å². The van der Waals surface area contributed by atoms with Crippen LogP contribution in [0.5, 0.6) is 0 Å². The van der Waals surface area contributed by atoms with Gasteiger partial charge in [0.2, 0.25) is 0 Å². The minimum Gasteiger partial charge on any atom is -0.460 e. The lowest BCUT2D eigenvalue weighted by Crippen LogP contribution is -2.26. The highest BCUT2D eigenvalue weighted by Crippen LogP contribution is 2.63. The molecule has 4 heteroatoms. The second-order valence-electron chi connectivity index (χ2n) is 6.48. The van der Waals surface area contributed by atoms with Gasteiger partial charge in [0.25, 0.3) is 0 Å². The first-order valence-electron chi connectivity index (χ1n) is 5.99. The third-order valence-electron chi connectivity index (χ3n) is 3.35. The molecule has 0 aromatic carbocycles. The van der Waals surface area contributed by atoms with E-state index in [-0.39, 0.29) is 17.3 Å². The quantitative estimate of drug-likeness (QED) is 0.551. The molecular weight excluding hydrogens is 348 g/mol. The van der Waals surface area contributed by atoms with Gasteiger partial charge in [-0.15, -0.1) is 0 Å². The predicted molar refractivity (Wildman–Crippen MR) is 77.7 cm³/mol. The maximum Gasteiger partial charge on any atom is 0.310 e. The third-order valence-corrected chi connectivity index (χ3v) is 5.99. The largest absolute Gasteiger partial charge is 0.460 e. The molecule has 1 aliphatic carbocycles. The van der Waals surface area contributed by atoms with Crippen LogP contribution in [0, 0.1) is 17.3 Å². The van der Waals surface area contributed by atoms with E-state index in [9.17, 15) is 4.79 Å². The standard InChI is InChI=1S/C13H22Br2O2/c1-7(14)10(15)8-9(13(8,5)6)11(16)17-12(2,3)4/h7-10H,1-6H3/t7?,8?,9-,10?/m0/s1. The lowest BCUT2D eigenvalue weighted by Gasteiger charge is -2.20. The van der Waals surface area contributed by atoms with Gasteiger partial charge in [-0.05, 0) is 32.1 Å². The second kappa shape index (κ2) is 4.84. The van der Waals surface area contributed by atoms with Crippen molar-refractivity contribution in [3.8, 4) is 0 Å². The first-order valence-corrected chi connectivity index (χ1v) is 7.82. The summed E-state index contributed by atoms with van der Waals surface area (Å²) in [5.41, 5.74) is -0.374. The van der Waals surface area contributed by atoms with Gasteiger partial charge in [0.15, 0.2) is 0 Å². The number of alkyl halides is 2. The molecule has 1 aliphatic rings. The Labute approximate surface area is 121 Å². The SMILES string of the molecule is CC(Br)C(Br)C1[C@@H](C(=O)OC(C)(C)C)C1(C)C. The number of carbonyl (C=O) groups is 1. The van der Waals surface area contributed by atoms with E-state index >= 15 is 0 Å². The monoisotopic (exact) mass is 368 g/mol. The number of ether oxygens (including phenoxy) is 1. The molecule has 0 radical (unpaired) electrons. The molecule has 2 nitrogen and oxygen atoms in total. The number of halogens is 2. The number of hydrogen-bond acceptors (Lipinski definition) is 2. The molecule has 0 amide bonds. The molecule has 0 aromatic heterocycles. The zero-order valence-electron chi connectivity index (χ0n) is 11.4. The summed E-state index contributed by atoms with van der Waals surface area (Å²) in [6.45, 7) is 12.1. The molecule has 0 bridgehead atoms. The van der Waals surface area contributed by atoms with Crippen molar-refractivity contribution >= 4 is 37.8 Å². The van der Waals surface area contributed by atoms with Gasteiger partial charge in [-0.2, -0.15) is 0 Å². The van der Waals surface area contributed by atoms with Crippen molar-refractivity contribution in [1.82, 2.24) is 0 Å². The summed E-state index contributed by atoms with van der Waals surface area (Å²) in [6.07, 6.45) is 0. The van der Waals surface area contributed by atoms with Crippen LogP contribution >= 0.6 is 31.9 Å². The lowest BCUT2D eigenvalue weighted by atomic mass is 10.1. The fourth-order valence-electron chi connectivity index (χ4n) is 2.37. The fraction of sp³-hybridized carbons (Fsp3) is 0.923. The summed E-state index contributed by atoms with van der Waals surface area (Å²) in [4.78, 5) is 12.8. The van der Waals surface area contributed by atoms with Crippen LogP contribution in [-0.2, 0) is 9.53 Å². The molecule has 0 aliphatic heterocycles. The minimum atomic E-state index is -0.401. The van der Waals surface area contributed by atoms with Gasteiger partial charge in [0, 0.05) is 9.65 Å². The van der Waals surface area contributed by atoms with Crippen molar-refractivity contribution < 1.29 is 9.53 Å². The number of hydrogen-bond donors (Lipinski definition) is 0. The Morgan fingerprint density at radius 2 is 1.76 bits per heavy atom. The zero-order valence-corrected chi connectivity index (χ0v) is 14.6. The van der Waals surface area contributed by atoms with Crippen LogP contribution in [-0.4, -0.2) is 21.2 Å². The van der Waals surface area contributed by atoms with Crippen molar-refractivity contribution in [1.29, 1.82) is 0 Å². The van der Waals surface area contributed by atoms with Crippen molar-refractivity contribution in [2.75, 3.05) is 0 Å². The van der Waals surface area contributed by atoms with Gasteiger partial charge in [0.05, 0.1) is 5.92 Å². The highest BCUT2D eigenvalue weighted by molar-refractivity contribution is 9.12. The predicted octanol–water partition coefficient (Wildman–Crippen LogP) is 4.15. The molecular formula is C13H22Br2O2. The van der Waals surface area contributed by atoms with E-state index < -0.39 is 5.60 Å². The Morgan fingerprint density at radius 1 is 1.29 bits per heavy atom. The molecule has 17 heavy (non-hydrogen) atoms. The fourth-order valence-corrected chi connectivity index (χ4v) is 3.69. The van der Waals surface area contributed by atoms with Crippen LogP contribution in [0.4, 0.5) is 0 Å². The van der Waals surface area contributed by atoms with E-state index in [2.05, 4.69) is 52.6 Å². The third kappa shape index (κ3) is 3.46. The summed E-state index contributed by atoms with van der Waals surface area (Å²) in [7, 11) is 0. The van der Waals surface area contributed by atoms with E-state index in [0.29, 0.717) is 15.6 Å². The lowest BCUT2D eigenvalue weighted by molar-refractivity contribution is -0.157. The minimum absolute atomic E-state index is 0.00565. The maximum absolute atomic E-state index is 12.1. The van der Waals surface area contributed by atoms with Crippen molar-refractivity contribution in [2.45, 2.75) is 56.8 Å². The Bertz CT molecular complexity index is 305. The van der Waals surface area contributed by atoms with Crippen LogP contribution < -0.4 is 0 Å². The number of carbonyl (C=O) groups excluding carboxylic acids is 1. The normalized spacial score (nSPS) is 30.6. The van der Waals surface area contributed by atoms with Crippen LogP contribution in [0.3, 0.4) is 0 Å². The Morgan fingerprint density at radius 3 is 2.12 bits per heavy atom. The molecule has 3 unspecified atom stereocenters. The van der Waals surface area contributed by atoms with Gasteiger partial charge in [-0.3, -0.25) is 4.79 Å². The van der Waals surface area contributed by atoms with Crippen LogP contribution in [0.15, 0.2) is 0 Å². The summed E-state index contributed by atoms with van der Waals surface area (Å²) in [6, 6.07) is 0. The van der Waals surface area contributed by atoms with E-state index in [4.69, 9.17) is 4.74 Å². The smallest absolute Gasteiger partial charge is 0.310 e. The van der Waals surface area contributed by atoms with Gasteiger partial charge in [0.1, 0.15) is 5.60 Å². The van der Waals surface area contributed by atoms with Gasteiger partial charge < -0.3 is 4.74 Å². The van der Waals surface area contributed by atoms with Crippen molar-refractivity contribution in [3.05, 3.63) is 0 Å². The number of rotatable bonds is 3. The maximum atomic E-state index is 12.1. The molecule has 100 valence electrons. The summed E-state index contributed by atoms with van der Waals surface area (Å²) in [5, 5.41) is 0. The van der Waals surface area contributed by atoms with E-state index in [1.165, 1.54) is 0 Å². The Hall–Kier alpha value is 0.430. The molecule has 0 heterocycles. The van der Waals surface area contributed by atoms with Crippen molar-refractivity contribution in [3.63, 3.8) is 0 Å². The van der Waals surface area contributed by atoms with Crippen LogP contribution in [0.2, 0.25) is 0 Å². The van der Waals surface area contributed by atoms with Crippen molar-refractivity contribution in [2.24, 2.45) is 17.3 Å². The number of esters is 1. The average molecular weight is 370 g/mol. The molecule has 1 rings (SSSR count). The highest BCUT2D eigenvalue weighted by Gasteiger charge is 2.65. The van der Waals surface area contributed by atoms with E-state index in [0.717, 1.165) is 0 Å². The second-order valence-corrected chi connectivity index (χ2v) is 8.98. The molecule has 0 spiro atoms. The summed E-state index contributed by atoms with van der Waals surface area (Å²) >= 11 is 7.25. The van der Waals surface area contributed by atoms with E-state index in [1.54, 1.807) is 0 Å². The van der Waals surface area contributed by atoms with Crippen LogP contribution in [0.25, 0.3) is 0 Å². The summed E-state index contributed by atoms with van der Waals surface area (Å²) < 4.78 is 5.48.